The zero-order chi connectivity index (χ0) is 10.7. The second kappa shape index (κ2) is 4.24. The summed E-state index contributed by atoms with van der Waals surface area (Å²) in [6.45, 7) is 0. The number of carbonyl (C=O) groups is 1. The first-order chi connectivity index (χ1) is 7.21. The van der Waals surface area contributed by atoms with Crippen LogP contribution in [0.1, 0.15) is 6.42 Å². The van der Waals surface area contributed by atoms with Crippen LogP contribution in [0.2, 0.25) is 0 Å². The third-order valence-electron chi connectivity index (χ3n) is 2.46. The number of amides is 1. The van der Waals surface area contributed by atoms with Gasteiger partial charge in [-0.05, 0) is 24.3 Å². The van der Waals surface area contributed by atoms with E-state index in [4.69, 9.17) is 0 Å². The molecule has 80 valence electrons. The number of rotatable bonds is 2. The Morgan fingerprint density at radius 1 is 1.40 bits per heavy atom. The number of thioether (sulfide) groups is 1. The van der Waals surface area contributed by atoms with Crippen LogP contribution in [0.25, 0.3) is 0 Å². The average molecular weight is 223 g/mol. The highest BCUT2D eigenvalue weighted by Gasteiger charge is 2.39. The molecule has 0 radical (unpaired) electrons. The van der Waals surface area contributed by atoms with Crippen LogP contribution < -0.4 is 5.32 Å². The lowest BCUT2D eigenvalue weighted by molar-refractivity contribution is -0.131. The van der Waals surface area contributed by atoms with Gasteiger partial charge in [0.1, 0.15) is 0 Å². The van der Waals surface area contributed by atoms with Crippen LogP contribution in [0.4, 0.5) is 5.69 Å². The fraction of sp³-hybridized carbons (Fsp3) is 0.364. The van der Waals surface area contributed by atoms with E-state index >= 15 is 0 Å². The maximum Gasteiger partial charge on any atom is 0.257 e. The van der Waals surface area contributed by atoms with Crippen LogP contribution in [0.3, 0.4) is 0 Å². The molecular formula is C11H13NO2S. The molecule has 0 aromatic heterocycles. The molecule has 0 spiro atoms. The Morgan fingerprint density at radius 2 is 2.13 bits per heavy atom. The molecule has 0 bridgehead atoms. The van der Waals surface area contributed by atoms with Gasteiger partial charge in [-0.2, -0.15) is 11.8 Å². The first-order valence-corrected chi connectivity index (χ1v) is 6.03. The second-order valence-electron chi connectivity index (χ2n) is 3.65. The van der Waals surface area contributed by atoms with Crippen LogP contribution in [0, 0.1) is 0 Å². The number of nitrogens with one attached hydrogen (secondary N) is 1. The van der Waals surface area contributed by atoms with Gasteiger partial charge in [0.05, 0.1) is 0 Å². The number of aliphatic hydroxyl groups is 1. The summed E-state index contributed by atoms with van der Waals surface area (Å²) in [6, 6.07) is 9.20. The molecular weight excluding hydrogens is 210 g/mol. The highest BCUT2D eigenvalue weighted by atomic mass is 32.2. The summed E-state index contributed by atoms with van der Waals surface area (Å²) in [5.74, 6) is 1.04. The topological polar surface area (TPSA) is 49.3 Å². The standard InChI is InChI=1S/C11H13NO2S/c13-10(11(14)6-7-15-8-11)12-9-4-2-1-3-5-9/h1-5,14H,6-8H2,(H,12,13). The van der Waals surface area contributed by atoms with Gasteiger partial charge in [0.2, 0.25) is 0 Å². The summed E-state index contributed by atoms with van der Waals surface area (Å²) in [7, 11) is 0. The molecule has 0 aliphatic carbocycles. The molecule has 1 aromatic carbocycles. The second-order valence-corrected chi connectivity index (χ2v) is 4.76. The van der Waals surface area contributed by atoms with Crippen LogP contribution >= 0.6 is 11.8 Å². The molecule has 1 saturated heterocycles. The summed E-state index contributed by atoms with van der Waals surface area (Å²) in [5, 5.41) is 12.7. The van der Waals surface area contributed by atoms with Gasteiger partial charge in [-0.25, -0.2) is 0 Å². The summed E-state index contributed by atoms with van der Waals surface area (Å²) < 4.78 is 0. The number of hydrogen-bond donors (Lipinski definition) is 2. The molecule has 1 amide bonds. The van der Waals surface area contributed by atoms with Crippen molar-refractivity contribution in [1.29, 1.82) is 0 Å². The van der Waals surface area contributed by atoms with E-state index in [9.17, 15) is 9.90 Å². The van der Waals surface area contributed by atoms with Crippen molar-refractivity contribution in [2.45, 2.75) is 12.0 Å². The highest BCUT2D eigenvalue weighted by molar-refractivity contribution is 7.99. The Bertz CT molecular complexity index is 347. The largest absolute Gasteiger partial charge is 0.379 e. The van der Waals surface area contributed by atoms with Crippen molar-refractivity contribution in [3.05, 3.63) is 30.3 Å². The third-order valence-corrected chi connectivity index (χ3v) is 3.63. The quantitative estimate of drug-likeness (QED) is 0.798. The SMILES string of the molecule is O=C(Nc1ccccc1)C1(O)CCSC1. The van der Waals surface area contributed by atoms with Crippen molar-refractivity contribution in [1.82, 2.24) is 0 Å². The minimum Gasteiger partial charge on any atom is -0.379 e. The van der Waals surface area contributed by atoms with E-state index in [0.29, 0.717) is 12.2 Å². The van der Waals surface area contributed by atoms with Crippen LogP contribution in [0.5, 0.6) is 0 Å². The Kier molecular flexibility index (Phi) is 2.98. The van der Waals surface area contributed by atoms with Gasteiger partial charge in [-0.15, -0.1) is 0 Å². The average Bonchev–Trinajstić information content (AvgIpc) is 2.68. The van der Waals surface area contributed by atoms with Gasteiger partial charge in [0, 0.05) is 11.4 Å². The van der Waals surface area contributed by atoms with Crippen LogP contribution in [-0.2, 0) is 4.79 Å². The van der Waals surface area contributed by atoms with Crippen molar-refractivity contribution in [3.63, 3.8) is 0 Å². The summed E-state index contributed by atoms with van der Waals surface area (Å²) in [4.78, 5) is 11.8. The highest BCUT2D eigenvalue weighted by Crippen LogP contribution is 2.28. The van der Waals surface area contributed by atoms with E-state index in [1.54, 1.807) is 11.8 Å². The van der Waals surface area contributed by atoms with E-state index in [1.807, 2.05) is 30.3 Å². The molecule has 2 rings (SSSR count). The molecule has 4 heteroatoms. The molecule has 1 atom stereocenters. The Labute approximate surface area is 92.9 Å². The fourth-order valence-electron chi connectivity index (χ4n) is 1.50. The predicted molar refractivity (Wildman–Crippen MR) is 62.0 cm³/mol. The molecule has 1 aromatic rings. The first-order valence-electron chi connectivity index (χ1n) is 4.87. The van der Waals surface area contributed by atoms with E-state index in [-0.39, 0.29) is 5.91 Å². The first kappa shape index (κ1) is 10.5. The molecule has 15 heavy (non-hydrogen) atoms. The molecule has 2 N–H and O–H groups in total. The lowest BCUT2D eigenvalue weighted by Crippen LogP contribution is -2.42. The minimum atomic E-state index is -1.18. The third kappa shape index (κ3) is 2.33. The lowest BCUT2D eigenvalue weighted by atomic mass is 10.0. The smallest absolute Gasteiger partial charge is 0.257 e. The van der Waals surface area contributed by atoms with Crippen LogP contribution in [-0.4, -0.2) is 28.1 Å². The molecule has 0 saturated carbocycles. The molecule has 3 nitrogen and oxygen atoms in total. The number of para-hydroxylation sites is 1. The van der Waals surface area contributed by atoms with Gasteiger partial charge in [-0.1, -0.05) is 18.2 Å². The molecule has 1 heterocycles. The monoisotopic (exact) mass is 223 g/mol. The predicted octanol–water partition coefficient (Wildman–Crippen LogP) is 1.49. The number of carbonyl (C=O) groups excluding carboxylic acids is 1. The fourth-order valence-corrected chi connectivity index (χ4v) is 2.74. The Hall–Kier alpha value is -1.00. The van der Waals surface area contributed by atoms with Gasteiger partial charge >= 0.3 is 0 Å². The number of hydrogen-bond acceptors (Lipinski definition) is 3. The summed E-state index contributed by atoms with van der Waals surface area (Å²) >= 11 is 1.61. The molecule has 1 aliphatic heterocycles. The van der Waals surface area contributed by atoms with Gasteiger partial charge in [0.15, 0.2) is 5.60 Å². The van der Waals surface area contributed by atoms with E-state index in [0.717, 1.165) is 11.4 Å². The lowest BCUT2D eigenvalue weighted by Gasteiger charge is -2.20. The van der Waals surface area contributed by atoms with Crippen molar-refractivity contribution in [3.8, 4) is 0 Å². The maximum absolute atomic E-state index is 11.8. The molecule has 1 aliphatic rings. The van der Waals surface area contributed by atoms with Crippen molar-refractivity contribution in [2.24, 2.45) is 0 Å². The van der Waals surface area contributed by atoms with Crippen LogP contribution in [0.15, 0.2) is 30.3 Å². The normalized spacial score (nSPS) is 25.1. The van der Waals surface area contributed by atoms with E-state index < -0.39 is 5.60 Å². The number of anilines is 1. The van der Waals surface area contributed by atoms with Crippen molar-refractivity contribution >= 4 is 23.4 Å². The number of benzene rings is 1. The Balaban J connectivity index is 2.04. The van der Waals surface area contributed by atoms with Gasteiger partial charge < -0.3 is 10.4 Å². The Morgan fingerprint density at radius 3 is 2.73 bits per heavy atom. The van der Waals surface area contributed by atoms with E-state index in [1.165, 1.54) is 0 Å². The maximum atomic E-state index is 11.8. The molecule has 1 unspecified atom stereocenters. The van der Waals surface area contributed by atoms with E-state index in [2.05, 4.69) is 5.32 Å². The summed E-state index contributed by atoms with van der Waals surface area (Å²) in [5.41, 5.74) is -0.451. The summed E-state index contributed by atoms with van der Waals surface area (Å²) in [6.07, 6.45) is 0.538. The zero-order valence-corrected chi connectivity index (χ0v) is 9.09. The van der Waals surface area contributed by atoms with Gasteiger partial charge in [0.25, 0.3) is 5.91 Å². The molecule has 1 fully saturated rings. The van der Waals surface area contributed by atoms with Crippen molar-refractivity contribution in [2.75, 3.05) is 16.8 Å². The van der Waals surface area contributed by atoms with Crippen molar-refractivity contribution < 1.29 is 9.90 Å². The van der Waals surface area contributed by atoms with Gasteiger partial charge in [-0.3, -0.25) is 4.79 Å². The minimum absolute atomic E-state index is 0.293. The zero-order valence-electron chi connectivity index (χ0n) is 8.27.